The fourth-order valence-corrected chi connectivity index (χ4v) is 2.46. The van der Waals surface area contributed by atoms with Crippen molar-refractivity contribution >= 4 is 33.3 Å². The Balaban J connectivity index is 1.83. The molecule has 2 aromatic carbocycles. The van der Waals surface area contributed by atoms with Gasteiger partial charge in [-0.3, -0.25) is 4.90 Å². The topological polar surface area (TPSA) is 41.6 Å². The van der Waals surface area contributed by atoms with Crippen molar-refractivity contribution in [3.05, 3.63) is 53.0 Å². The standard InChI is InChI=1S/C15H13BrN2O2/c16-11-6-7-13-14(10-11)20-9-8-18(13)15(19)17-12-4-2-1-3-5-12/h1-7,10H,8-9H2,(H,17,19). The fraction of sp³-hybridized carbons (Fsp3) is 0.133. The Kier molecular flexibility index (Phi) is 3.60. The minimum Gasteiger partial charge on any atom is -0.489 e. The molecule has 0 aromatic heterocycles. The van der Waals surface area contributed by atoms with E-state index in [0.717, 1.165) is 15.8 Å². The van der Waals surface area contributed by atoms with Crippen LogP contribution in [0.1, 0.15) is 0 Å². The minimum atomic E-state index is -0.150. The average Bonchev–Trinajstić information content (AvgIpc) is 2.47. The molecule has 5 heteroatoms. The number of hydrogen-bond acceptors (Lipinski definition) is 2. The molecule has 102 valence electrons. The molecule has 0 fully saturated rings. The van der Waals surface area contributed by atoms with Crippen molar-refractivity contribution < 1.29 is 9.53 Å². The molecular weight excluding hydrogens is 320 g/mol. The Bertz CT molecular complexity index is 631. The van der Waals surface area contributed by atoms with Crippen LogP contribution in [0.25, 0.3) is 0 Å². The molecule has 0 atom stereocenters. The first-order valence-corrected chi connectivity index (χ1v) is 7.09. The van der Waals surface area contributed by atoms with Gasteiger partial charge in [-0.05, 0) is 30.3 Å². The van der Waals surface area contributed by atoms with E-state index in [4.69, 9.17) is 4.74 Å². The Morgan fingerprint density at radius 3 is 2.80 bits per heavy atom. The van der Waals surface area contributed by atoms with Gasteiger partial charge in [0.25, 0.3) is 0 Å². The molecule has 1 aliphatic heterocycles. The van der Waals surface area contributed by atoms with Gasteiger partial charge in [0.2, 0.25) is 0 Å². The molecule has 2 aromatic rings. The van der Waals surface area contributed by atoms with E-state index in [1.165, 1.54) is 0 Å². The summed E-state index contributed by atoms with van der Waals surface area (Å²) in [5.41, 5.74) is 1.57. The highest BCUT2D eigenvalue weighted by atomic mass is 79.9. The summed E-state index contributed by atoms with van der Waals surface area (Å²) in [4.78, 5) is 14.1. The molecular formula is C15H13BrN2O2. The van der Waals surface area contributed by atoms with Gasteiger partial charge in [-0.1, -0.05) is 34.1 Å². The number of benzene rings is 2. The molecule has 0 aliphatic carbocycles. The number of nitrogens with zero attached hydrogens (tertiary/aromatic N) is 1. The SMILES string of the molecule is O=C(Nc1ccccc1)N1CCOc2cc(Br)ccc21. The third-order valence-electron chi connectivity index (χ3n) is 3.06. The smallest absolute Gasteiger partial charge is 0.326 e. The van der Waals surface area contributed by atoms with Crippen molar-refractivity contribution in [2.75, 3.05) is 23.4 Å². The van der Waals surface area contributed by atoms with Crippen LogP contribution in [0.2, 0.25) is 0 Å². The van der Waals surface area contributed by atoms with E-state index >= 15 is 0 Å². The maximum atomic E-state index is 12.4. The first-order valence-electron chi connectivity index (χ1n) is 6.30. The number of rotatable bonds is 1. The van der Waals surface area contributed by atoms with Crippen LogP contribution in [0, 0.1) is 0 Å². The van der Waals surface area contributed by atoms with Gasteiger partial charge in [0.05, 0.1) is 12.2 Å². The van der Waals surface area contributed by atoms with Crippen molar-refractivity contribution in [3.63, 3.8) is 0 Å². The second-order valence-corrected chi connectivity index (χ2v) is 5.32. The third-order valence-corrected chi connectivity index (χ3v) is 3.55. The molecule has 0 saturated heterocycles. The maximum absolute atomic E-state index is 12.4. The van der Waals surface area contributed by atoms with Crippen LogP contribution in [0.3, 0.4) is 0 Å². The lowest BCUT2D eigenvalue weighted by molar-refractivity contribution is 0.250. The van der Waals surface area contributed by atoms with Gasteiger partial charge in [0.15, 0.2) is 0 Å². The molecule has 1 N–H and O–H groups in total. The first-order chi connectivity index (χ1) is 9.74. The van der Waals surface area contributed by atoms with Gasteiger partial charge < -0.3 is 10.1 Å². The molecule has 1 aliphatic rings. The zero-order valence-corrected chi connectivity index (χ0v) is 12.3. The monoisotopic (exact) mass is 332 g/mol. The van der Waals surface area contributed by atoms with Gasteiger partial charge >= 0.3 is 6.03 Å². The number of amides is 2. The summed E-state index contributed by atoms with van der Waals surface area (Å²) in [5, 5.41) is 2.89. The van der Waals surface area contributed by atoms with Gasteiger partial charge in [-0.2, -0.15) is 0 Å². The van der Waals surface area contributed by atoms with Crippen molar-refractivity contribution in [2.45, 2.75) is 0 Å². The van der Waals surface area contributed by atoms with E-state index in [0.29, 0.717) is 18.9 Å². The highest BCUT2D eigenvalue weighted by Crippen LogP contribution is 2.34. The predicted molar refractivity (Wildman–Crippen MR) is 82.4 cm³/mol. The number of hydrogen-bond donors (Lipinski definition) is 1. The van der Waals surface area contributed by atoms with E-state index in [1.54, 1.807) is 4.90 Å². The second-order valence-electron chi connectivity index (χ2n) is 4.41. The number of ether oxygens (including phenoxy) is 1. The van der Waals surface area contributed by atoms with Crippen molar-refractivity contribution in [2.24, 2.45) is 0 Å². The molecule has 0 saturated carbocycles. The van der Waals surface area contributed by atoms with Crippen LogP contribution in [-0.2, 0) is 0 Å². The number of para-hydroxylation sites is 1. The molecule has 4 nitrogen and oxygen atoms in total. The largest absolute Gasteiger partial charge is 0.489 e. The van der Waals surface area contributed by atoms with Crippen LogP contribution in [0.4, 0.5) is 16.2 Å². The predicted octanol–water partition coefficient (Wildman–Crippen LogP) is 3.88. The Morgan fingerprint density at radius 1 is 1.20 bits per heavy atom. The molecule has 0 radical (unpaired) electrons. The lowest BCUT2D eigenvalue weighted by Crippen LogP contribution is -2.40. The lowest BCUT2D eigenvalue weighted by atomic mass is 10.2. The number of carbonyl (C=O) groups is 1. The second kappa shape index (κ2) is 5.54. The number of fused-ring (bicyclic) bond motifs is 1. The molecule has 20 heavy (non-hydrogen) atoms. The van der Waals surface area contributed by atoms with E-state index in [2.05, 4.69) is 21.2 Å². The van der Waals surface area contributed by atoms with Crippen LogP contribution >= 0.6 is 15.9 Å². The molecule has 3 rings (SSSR count). The van der Waals surface area contributed by atoms with Gasteiger partial charge in [0, 0.05) is 10.2 Å². The Hall–Kier alpha value is -2.01. The summed E-state index contributed by atoms with van der Waals surface area (Å²) in [6.07, 6.45) is 0. The van der Waals surface area contributed by atoms with Crippen molar-refractivity contribution in [3.8, 4) is 5.75 Å². The van der Waals surface area contributed by atoms with Gasteiger partial charge in [-0.25, -0.2) is 4.79 Å². The van der Waals surface area contributed by atoms with Gasteiger partial charge in [-0.15, -0.1) is 0 Å². The average molecular weight is 333 g/mol. The normalized spacial score (nSPS) is 13.3. The van der Waals surface area contributed by atoms with E-state index in [9.17, 15) is 4.79 Å². The quantitative estimate of drug-likeness (QED) is 0.860. The van der Waals surface area contributed by atoms with Crippen LogP contribution in [-0.4, -0.2) is 19.2 Å². The van der Waals surface area contributed by atoms with E-state index in [-0.39, 0.29) is 6.03 Å². The number of urea groups is 1. The maximum Gasteiger partial charge on any atom is 0.326 e. The zero-order chi connectivity index (χ0) is 13.9. The molecule has 0 unspecified atom stereocenters. The lowest BCUT2D eigenvalue weighted by Gasteiger charge is -2.29. The summed E-state index contributed by atoms with van der Waals surface area (Å²) in [7, 11) is 0. The molecule has 0 spiro atoms. The number of carbonyl (C=O) groups excluding carboxylic acids is 1. The molecule has 1 heterocycles. The highest BCUT2D eigenvalue weighted by molar-refractivity contribution is 9.10. The van der Waals surface area contributed by atoms with E-state index < -0.39 is 0 Å². The van der Waals surface area contributed by atoms with Crippen molar-refractivity contribution in [1.82, 2.24) is 0 Å². The van der Waals surface area contributed by atoms with Crippen LogP contribution in [0.15, 0.2) is 53.0 Å². The molecule has 0 bridgehead atoms. The summed E-state index contributed by atoms with van der Waals surface area (Å²) in [6, 6.07) is 14.9. The number of anilines is 2. The van der Waals surface area contributed by atoms with E-state index in [1.807, 2.05) is 48.5 Å². The fourth-order valence-electron chi connectivity index (χ4n) is 2.12. The minimum absolute atomic E-state index is 0.150. The summed E-state index contributed by atoms with van der Waals surface area (Å²) in [5.74, 6) is 0.717. The van der Waals surface area contributed by atoms with Crippen LogP contribution in [0.5, 0.6) is 5.75 Å². The van der Waals surface area contributed by atoms with Crippen molar-refractivity contribution in [1.29, 1.82) is 0 Å². The summed E-state index contributed by atoms with van der Waals surface area (Å²) < 4.78 is 6.52. The van der Waals surface area contributed by atoms with Gasteiger partial charge in [0.1, 0.15) is 12.4 Å². The Labute approximate surface area is 125 Å². The summed E-state index contributed by atoms with van der Waals surface area (Å²) >= 11 is 3.40. The number of nitrogens with one attached hydrogen (secondary N) is 1. The van der Waals surface area contributed by atoms with Crippen LogP contribution < -0.4 is 15.0 Å². The number of halogens is 1. The summed E-state index contributed by atoms with van der Waals surface area (Å²) in [6.45, 7) is 1.03. The first kappa shape index (κ1) is 13.0. The zero-order valence-electron chi connectivity index (χ0n) is 10.7. The highest BCUT2D eigenvalue weighted by Gasteiger charge is 2.23. The molecule has 2 amide bonds. The Morgan fingerprint density at radius 2 is 2.00 bits per heavy atom. The third kappa shape index (κ3) is 2.63.